The Labute approximate surface area is 126 Å². The van der Waals surface area contributed by atoms with Crippen LogP contribution in [0.2, 0.25) is 0 Å². The molecule has 0 rings (SSSR count). The zero-order valence-corrected chi connectivity index (χ0v) is 14.6. The summed E-state index contributed by atoms with van der Waals surface area (Å²) in [6.07, 6.45) is 1.64. The lowest BCUT2D eigenvalue weighted by atomic mass is 10.1. The minimum absolute atomic E-state index is 0.181. The fraction of sp³-hybridized carbons (Fsp3) is 0.933. The first-order chi connectivity index (χ1) is 9.42. The van der Waals surface area contributed by atoms with Gasteiger partial charge in [0.25, 0.3) is 0 Å². The van der Waals surface area contributed by atoms with Crippen molar-refractivity contribution in [2.24, 2.45) is 0 Å². The van der Waals surface area contributed by atoms with E-state index in [0.717, 1.165) is 25.9 Å². The Balaban J connectivity index is -0.000000257. The molecule has 0 aromatic heterocycles. The molecular formula is C15H37N3O2. The van der Waals surface area contributed by atoms with Crippen molar-refractivity contribution in [2.75, 3.05) is 47.8 Å². The van der Waals surface area contributed by atoms with Crippen LogP contribution in [-0.2, 0) is 4.79 Å². The SMILES string of the molecule is C=O.CCC(O)C(CC)NC.CCN(C)CCN(C)C. The molecule has 0 saturated carbocycles. The van der Waals surface area contributed by atoms with Crippen LogP contribution in [0.25, 0.3) is 0 Å². The molecule has 0 fully saturated rings. The summed E-state index contributed by atoms with van der Waals surface area (Å²) in [5.74, 6) is 0. The number of carbonyl (C=O) groups excluding carboxylic acids is 1. The third-order valence-electron chi connectivity index (χ3n) is 3.16. The number of hydrogen-bond acceptors (Lipinski definition) is 5. The van der Waals surface area contributed by atoms with E-state index in [4.69, 9.17) is 4.79 Å². The third-order valence-corrected chi connectivity index (χ3v) is 3.16. The van der Waals surface area contributed by atoms with Gasteiger partial charge in [0.15, 0.2) is 0 Å². The molecular weight excluding hydrogens is 254 g/mol. The molecule has 0 heterocycles. The molecule has 0 radical (unpaired) electrons. The normalized spacial score (nSPS) is 13.1. The van der Waals surface area contributed by atoms with Gasteiger partial charge in [0.2, 0.25) is 0 Å². The average Bonchev–Trinajstić information content (AvgIpc) is 2.48. The second-order valence-electron chi connectivity index (χ2n) is 4.98. The molecule has 0 saturated heterocycles. The first-order valence-corrected chi connectivity index (χ1v) is 7.40. The highest BCUT2D eigenvalue weighted by molar-refractivity contribution is 5.10. The standard InChI is InChI=1S/C7H18N2.C7H17NO.CH2O/c1-5-9(4)7-6-8(2)3;1-4-6(8-3)7(9)5-2;1-2/h5-7H2,1-4H3;6-9H,4-5H2,1-3H3;1H2. The number of aliphatic hydroxyl groups is 1. The minimum Gasteiger partial charge on any atom is -0.392 e. The zero-order chi connectivity index (χ0) is 16.6. The van der Waals surface area contributed by atoms with Gasteiger partial charge in [-0.25, -0.2) is 0 Å². The average molecular weight is 291 g/mol. The predicted molar refractivity (Wildman–Crippen MR) is 88.3 cm³/mol. The van der Waals surface area contributed by atoms with Crippen molar-refractivity contribution in [2.45, 2.75) is 45.8 Å². The number of aliphatic hydroxyl groups excluding tert-OH is 1. The van der Waals surface area contributed by atoms with Gasteiger partial charge in [-0.15, -0.1) is 0 Å². The van der Waals surface area contributed by atoms with Gasteiger partial charge in [-0.2, -0.15) is 0 Å². The van der Waals surface area contributed by atoms with E-state index in [1.807, 2.05) is 20.8 Å². The third kappa shape index (κ3) is 17.5. The number of hydrogen-bond donors (Lipinski definition) is 2. The quantitative estimate of drug-likeness (QED) is 0.701. The van der Waals surface area contributed by atoms with E-state index in [9.17, 15) is 5.11 Å². The Hall–Kier alpha value is -0.490. The van der Waals surface area contributed by atoms with Gasteiger partial charge in [0, 0.05) is 19.1 Å². The van der Waals surface area contributed by atoms with Crippen molar-refractivity contribution in [1.82, 2.24) is 15.1 Å². The molecule has 0 aromatic carbocycles. The van der Waals surface area contributed by atoms with Crippen LogP contribution < -0.4 is 5.32 Å². The maximum Gasteiger partial charge on any atom is 0.106 e. The first kappa shape index (κ1) is 24.5. The largest absolute Gasteiger partial charge is 0.392 e. The molecule has 2 N–H and O–H groups in total. The molecule has 2 unspecified atom stereocenters. The van der Waals surface area contributed by atoms with Crippen molar-refractivity contribution < 1.29 is 9.90 Å². The molecule has 0 aromatic rings. The second kappa shape index (κ2) is 18.5. The van der Waals surface area contributed by atoms with Gasteiger partial charge in [0.1, 0.15) is 6.79 Å². The van der Waals surface area contributed by atoms with E-state index in [1.165, 1.54) is 6.54 Å². The predicted octanol–water partition coefficient (Wildman–Crippen LogP) is 1.07. The van der Waals surface area contributed by atoms with Crippen LogP contribution in [0.15, 0.2) is 0 Å². The van der Waals surface area contributed by atoms with Crippen molar-refractivity contribution in [3.8, 4) is 0 Å². The summed E-state index contributed by atoms with van der Waals surface area (Å²) >= 11 is 0. The topological polar surface area (TPSA) is 55.8 Å². The fourth-order valence-corrected chi connectivity index (χ4v) is 1.48. The van der Waals surface area contributed by atoms with Gasteiger partial charge in [0.05, 0.1) is 6.10 Å². The van der Waals surface area contributed by atoms with E-state index in [2.05, 4.69) is 50.1 Å². The van der Waals surface area contributed by atoms with Crippen molar-refractivity contribution in [1.29, 1.82) is 0 Å². The summed E-state index contributed by atoms with van der Waals surface area (Å²) in [4.78, 5) is 12.5. The molecule has 5 heteroatoms. The second-order valence-corrected chi connectivity index (χ2v) is 4.98. The van der Waals surface area contributed by atoms with Crippen molar-refractivity contribution in [3.63, 3.8) is 0 Å². The molecule has 124 valence electrons. The van der Waals surface area contributed by atoms with E-state index >= 15 is 0 Å². The summed E-state index contributed by atoms with van der Waals surface area (Å²) in [6, 6.07) is 0.273. The van der Waals surface area contributed by atoms with Gasteiger partial charge in [-0.05, 0) is 47.6 Å². The molecule has 0 aliphatic carbocycles. The van der Waals surface area contributed by atoms with E-state index in [1.54, 1.807) is 0 Å². The summed E-state index contributed by atoms with van der Waals surface area (Å²) in [7, 11) is 8.23. The van der Waals surface area contributed by atoms with Crippen LogP contribution in [0.3, 0.4) is 0 Å². The highest BCUT2D eigenvalue weighted by Gasteiger charge is 2.11. The Morgan fingerprint density at radius 2 is 1.55 bits per heavy atom. The van der Waals surface area contributed by atoms with Crippen LogP contribution in [0.5, 0.6) is 0 Å². The minimum atomic E-state index is -0.181. The number of rotatable bonds is 8. The lowest BCUT2D eigenvalue weighted by Gasteiger charge is -2.18. The van der Waals surface area contributed by atoms with Crippen LogP contribution in [0.4, 0.5) is 0 Å². The smallest absolute Gasteiger partial charge is 0.106 e. The summed E-state index contributed by atoms with van der Waals surface area (Å²) in [6.45, 7) is 11.7. The molecule has 0 bridgehead atoms. The molecule has 0 amide bonds. The lowest BCUT2D eigenvalue weighted by Crippen LogP contribution is -2.36. The molecule has 0 spiro atoms. The maximum atomic E-state index is 9.26. The highest BCUT2D eigenvalue weighted by Crippen LogP contribution is 2.00. The monoisotopic (exact) mass is 291 g/mol. The summed E-state index contributed by atoms with van der Waals surface area (Å²) in [5.41, 5.74) is 0. The van der Waals surface area contributed by atoms with Crippen LogP contribution in [-0.4, -0.2) is 81.7 Å². The number of carbonyl (C=O) groups is 1. The number of nitrogens with one attached hydrogen (secondary N) is 1. The highest BCUT2D eigenvalue weighted by atomic mass is 16.3. The maximum absolute atomic E-state index is 9.26. The zero-order valence-electron chi connectivity index (χ0n) is 14.6. The first-order valence-electron chi connectivity index (χ1n) is 7.40. The van der Waals surface area contributed by atoms with E-state index in [-0.39, 0.29) is 12.1 Å². The molecule has 0 aliphatic rings. The Kier molecular flexibility index (Phi) is 22.7. The number of likely N-dealkylation sites (N-methyl/N-ethyl adjacent to an activating group) is 3. The lowest BCUT2D eigenvalue weighted by molar-refractivity contribution is -0.0979. The van der Waals surface area contributed by atoms with Crippen molar-refractivity contribution in [3.05, 3.63) is 0 Å². The van der Waals surface area contributed by atoms with Gasteiger partial charge < -0.3 is 25.0 Å². The van der Waals surface area contributed by atoms with Crippen molar-refractivity contribution >= 4 is 6.79 Å². The van der Waals surface area contributed by atoms with E-state index in [0.29, 0.717) is 0 Å². The summed E-state index contributed by atoms with van der Waals surface area (Å²) < 4.78 is 0. The molecule has 2 atom stereocenters. The van der Waals surface area contributed by atoms with Gasteiger partial charge >= 0.3 is 0 Å². The molecule has 0 aliphatic heterocycles. The van der Waals surface area contributed by atoms with E-state index < -0.39 is 0 Å². The molecule has 20 heavy (non-hydrogen) atoms. The summed E-state index contributed by atoms with van der Waals surface area (Å²) in [5, 5.41) is 12.3. The molecule has 5 nitrogen and oxygen atoms in total. The Morgan fingerprint density at radius 1 is 1.05 bits per heavy atom. The Bertz CT molecular complexity index is 177. The van der Waals surface area contributed by atoms with Crippen LogP contribution in [0, 0.1) is 0 Å². The van der Waals surface area contributed by atoms with Crippen LogP contribution in [0.1, 0.15) is 33.6 Å². The Morgan fingerprint density at radius 3 is 1.75 bits per heavy atom. The van der Waals surface area contributed by atoms with Gasteiger partial charge in [-0.1, -0.05) is 20.8 Å². The number of nitrogens with zero attached hydrogens (tertiary/aromatic N) is 2. The fourth-order valence-electron chi connectivity index (χ4n) is 1.48. The van der Waals surface area contributed by atoms with Crippen LogP contribution >= 0.6 is 0 Å². The van der Waals surface area contributed by atoms with Gasteiger partial charge in [-0.3, -0.25) is 0 Å².